The van der Waals surface area contributed by atoms with E-state index in [9.17, 15) is 9.18 Å². The van der Waals surface area contributed by atoms with Crippen LogP contribution in [0.15, 0.2) is 66.9 Å². The van der Waals surface area contributed by atoms with Crippen LogP contribution in [0.1, 0.15) is 28.8 Å². The molecule has 0 radical (unpaired) electrons. The Morgan fingerprint density at radius 2 is 1.69 bits per heavy atom. The van der Waals surface area contributed by atoms with Gasteiger partial charge < -0.3 is 10.1 Å². The van der Waals surface area contributed by atoms with E-state index in [0.717, 1.165) is 0 Å². The molecule has 1 N–H and O–H groups in total. The highest BCUT2D eigenvalue weighted by Gasteiger charge is 2.34. The largest absolute Gasteiger partial charge is 0.448 e. The molecule has 168 valence electrons. The molecule has 0 saturated carbocycles. The van der Waals surface area contributed by atoms with Gasteiger partial charge in [0.15, 0.2) is 0 Å². The Kier molecular flexibility index (Phi) is 7.72. The molecule has 1 fully saturated rings. The zero-order valence-corrected chi connectivity index (χ0v) is 18.9. The molecule has 0 spiro atoms. The zero-order valence-electron chi connectivity index (χ0n) is 17.2. The third-order valence-electron chi connectivity index (χ3n) is 5.92. The Morgan fingerprint density at radius 3 is 2.34 bits per heavy atom. The number of rotatable bonds is 3. The molecule has 0 bridgehead atoms. The van der Waals surface area contributed by atoms with Gasteiger partial charge >= 0.3 is 6.09 Å². The first-order valence-electron chi connectivity index (χ1n) is 10.2. The number of amides is 1. The molecule has 1 aliphatic carbocycles. The van der Waals surface area contributed by atoms with Gasteiger partial charge in [0.2, 0.25) is 0 Å². The second kappa shape index (κ2) is 10.3. The van der Waals surface area contributed by atoms with Gasteiger partial charge in [0.1, 0.15) is 12.4 Å². The van der Waals surface area contributed by atoms with Crippen LogP contribution >= 0.6 is 24.8 Å². The second-order valence-electron chi connectivity index (χ2n) is 7.59. The molecule has 2 aromatic carbocycles. The summed E-state index contributed by atoms with van der Waals surface area (Å²) in [6, 6.07) is 18.9. The molecule has 5 rings (SSSR count). The molecule has 1 amide bonds. The number of hydrogen-bond donors (Lipinski definition) is 1. The quantitative estimate of drug-likeness (QED) is 0.581. The standard InChI is InChI=1S/C24H22FN3O2.2ClH/c25-21-10-5-11-27-23(21)22-14-26-12-13-28(22)24(29)30-15-20-18-8-3-1-6-16(18)17-7-2-4-9-19(17)20;;/h1-11,20,22,26H,12-15H2;2*1H. The number of hydrogen-bond acceptors (Lipinski definition) is 4. The van der Waals surface area contributed by atoms with Crippen LogP contribution < -0.4 is 5.32 Å². The van der Waals surface area contributed by atoms with Crippen molar-refractivity contribution in [1.82, 2.24) is 15.2 Å². The van der Waals surface area contributed by atoms with Crippen molar-refractivity contribution >= 4 is 30.9 Å². The molecule has 2 aliphatic rings. The Labute approximate surface area is 198 Å². The van der Waals surface area contributed by atoms with Crippen LogP contribution in [0.25, 0.3) is 11.1 Å². The number of halogens is 3. The molecular weight excluding hydrogens is 452 g/mol. The Morgan fingerprint density at radius 1 is 1.03 bits per heavy atom. The minimum absolute atomic E-state index is 0. The van der Waals surface area contributed by atoms with Crippen LogP contribution in [0, 0.1) is 5.82 Å². The molecule has 2 heterocycles. The van der Waals surface area contributed by atoms with E-state index >= 15 is 0 Å². The number of fused-ring (bicyclic) bond motifs is 3. The number of nitrogens with zero attached hydrogens (tertiary/aromatic N) is 2. The van der Waals surface area contributed by atoms with Gasteiger partial charge in [-0.05, 0) is 34.4 Å². The minimum atomic E-state index is -0.490. The Bertz CT molecular complexity index is 1050. The summed E-state index contributed by atoms with van der Waals surface area (Å²) < 4.78 is 20.1. The van der Waals surface area contributed by atoms with E-state index in [1.165, 1.54) is 28.3 Å². The van der Waals surface area contributed by atoms with Crippen molar-refractivity contribution in [3.05, 3.63) is 89.5 Å². The lowest BCUT2D eigenvalue weighted by Gasteiger charge is -2.35. The highest BCUT2D eigenvalue weighted by atomic mass is 35.5. The molecule has 3 aromatic rings. The third kappa shape index (κ3) is 4.31. The van der Waals surface area contributed by atoms with E-state index < -0.39 is 18.0 Å². The van der Waals surface area contributed by atoms with Crippen LogP contribution in [0.4, 0.5) is 9.18 Å². The maximum Gasteiger partial charge on any atom is 0.410 e. The van der Waals surface area contributed by atoms with Crippen molar-refractivity contribution in [3.8, 4) is 11.1 Å². The predicted molar refractivity (Wildman–Crippen MR) is 126 cm³/mol. The predicted octanol–water partition coefficient (Wildman–Crippen LogP) is 4.96. The molecule has 5 nitrogen and oxygen atoms in total. The fraction of sp³-hybridized carbons (Fsp3) is 0.250. The molecule has 1 aliphatic heterocycles. The Balaban J connectivity index is 0.00000144. The summed E-state index contributed by atoms with van der Waals surface area (Å²) in [5.74, 6) is -0.419. The summed E-state index contributed by atoms with van der Waals surface area (Å²) in [6.45, 7) is 1.76. The number of ether oxygens (including phenoxy) is 1. The van der Waals surface area contributed by atoms with Crippen molar-refractivity contribution in [3.63, 3.8) is 0 Å². The van der Waals surface area contributed by atoms with Crippen molar-refractivity contribution in [2.75, 3.05) is 26.2 Å². The van der Waals surface area contributed by atoms with Crippen molar-refractivity contribution in [2.45, 2.75) is 12.0 Å². The summed E-state index contributed by atoms with van der Waals surface area (Å²) >= 11 is 0. The molecule has 32 heavy (non-hydrogen) atoms. The summed E-state index contributed by atoms with van der Waals surface area (Å²) in [7, 11) is 0. The van der Waals surface area contributed by atoms with Crippen molar-refractivity contribution < 1.29 is 13.9 Å². The SMILES string of the molecule is Cl.Cl.O=C(OCC1c2ccccc2-c2ccccc21)N1CCNCC1c1ncccc1F. The van der Waals surface area contributed by atoms with E-state index in [4.69, 9.17) is 4.74 Å². The fourth-order valence-electron chi connectivity index (χ4n) is 4.49. The molecular formula is C24H24Cl2FN3O2. The highest BCUT2D eigenvalue weighted by molar-refractivity contribution is 5.85. The summed E-state index contributed by atoms with van der Waals surface area (Å²) in [5.41, 5.74) is 4.96. The second-order valence-corrected chi connectivity index (χ2v) is 7.59. The van der Waals surface area contributed by atoms with Gasteiger partial charge in [0.25, 0.3) is 0 Å². The molecule has 1 atom stereocenters. The van der Waals surface area contributed by atoms with Gasteiger partial charge in [-0.2, -0.15) is 0 Å². The monoisotopic (exact) mass is 475 g/mol. The summed E-state index contributed by atoms with van der Waals surface area (Å²) in [6.07, 6.45) is 1.11. The lowest BCUT2D eigenvalue weighted by Crippen LogP contribution is -2.49. The number of carbonyl (C=O) groups excluding carboxylic acids is 1. The first kappa shape index (κ1) is 24.0. The average Bonchev–Trinajstić information content (AvgIpc) is 3.12. The normalized spacial score (nSPS) is 16.9. The highest BCUT2D eigenvalue weighted by Crippen LogP contribution is 2.44. The van der Waals surface area contributed by atoms with Crippen molar-refractivity contribution in [2.24, 2.45) is 0 Å². The first-order valence-corrected chi connectivity index (χ1v) is 10.2. The van der Waals surface area contributed by atoms with E-state index in [1.807, 2.05) is 24.3 Å². The van der Waals surface area contributed by atoms with E-state index in [1.54, 1.807) is 17.2 Å². The number of aromatic nitrogens is 1. The van der Waals surface area contributed by atoms with Gasteiger partial charge in [-0.15, -0.1) is 24.8 Å². The van der Waals surface area contributed by atoms with Crippen LogP contribution in [-0.2, 0) is 4.74 Å². The van der Waals surface area contributed by atoms with Crippen LogP contribution in [0.3, 0.4) is 0 Å². The molecule has 1 saturated heterocycles. The maximum atomic E-state index is 14.3. The Hall–Kier alpha value is -2.67. The number of benzene rings is 2. The van der Waals surface area contributed by atoms with Gasteiger partial charge in [-0.25, -0.2) is 9.18 Å². The number of carbonyl (C=O) groups is 1. The van der Waals surface area contributed by atoms with Gasteiger partial charge in [0.05, 0.1) is 11.7 Å². The lowest BCUT2D eigenvalue weighted by molar-refractivity contribution is 0.0735. The minimum Gasteiger partial charge on any atom is -0.448 e. The van der Waals surface area contributed by atoms with Gasteiger partial charge in [-0.3, -0.25) is 9.88 Å². The van der Waals surface area contributed by atoms with E-state index in [0.29, 0.717) is 19.6 Å². The van der Waals surface area contributed by atoms with Crippen LogP contribution in [0.2, 0.25) is 0 Å². The zero-order chi connectivity index (χ0) is 20.5. The van der Waals surface area contributed by atoms with Gasteiger partial charge in [-0.1, -0.05) is 48.5 Å². The summed E-state index contributed by atoms with van der Waals surface area (Å²) in [5, 5.41) is 3.21. The van der Waals surface area contributed by atoms with E-state index in [-0.39, 0.29) is 43.0 Å². The molecule has 8 heteroatoms. The smallest absolute Gasteiger partial charge is 0.410 e. The van der Waals surface area contributed by atoms with Gasteiger partial charge in [0, 0.05) is 31.7 Å². The molecule has 1 aromatic heterocycles. The average molecular weight is 476 g/mol. The number of nitrogens with one attached hydrogen (secondary N) is 1. The third-order valence-corrected chi connectivity index (χ3v) is 5.92. The van der Waals surface area contributed by atoms with Crippen LogP contribution in [0.5, 0.6) is 0 Å². The van der Waals surface area contributed by atoms with E-state index in [2.05, 4.69) is 34.6 Å². The number of pyridine rings is 1. The van der Waals surface area contributed by atoms with Crippen molar-refractivity contribution in [1.29, 1.82) is 0 Å². The van der Waals surface area contributed by atoms with Crippen LogP contribution in [-0.4, -0.2) is 42.2 Å². The maximum absolute atomic E-state index is 14.3. The lowest BCUT2D eigenvalue weighted by atomic mass is 9.98. The number of piperazine rings is 1. The fourth-order valence-corrected chi connectivity index (χ4v) is 4.49. The summed E-state index contributed by atoms with van der Waals surface area (Å²) in [4.78, 5) is 18.7. The first-order chi connectivity index (χ1) is 14.7. The topological polar surface area (TPSA) is 54.5 Å². The molecule has 1 unspecified atom stereocenters.